The first kappa shape index (κ1) is 30.4. The van der Waals surface area contributed by atoms with E-state index in [1.54, 1.807) is 0 Å². The van der Waals surface area contributed by atoms with E-state index in [9.17, 15) is 0 Å². The Morgan fingerprint density at radius 1 is 0.333 bits per heavy atom. The van der Waals surface area contributed by atoms with Gasteiger partial charge in [0, 0.05) is 54.9 Å². The molecule has 6 aromatic heterocycles. The summed E-state index contributed by atoms with van der Waals surface area (Å²) in [5, 5.41) is 9.32. The molecule has 0 radical (unpaired) electrons. The molecule has 0 atom stereocenters. The quantitative estimate of drug-likeness (QED) is 0.181. The average Bonchev–Trinajstić information content (AvgIpc) is 4.01. The van der Waals surface area contributed by atoms with Crippen LogP contribution in [0.4, 0.5) is 0 Å². The van der Waals surface area contributed by atoms with E-state index in [2.05, 4.69) is 177 Å². The first-order valence-corrected chi connectivity index (χ1v) is 19.2. The van der Waals surface area contributed by atoms with E-state index >= 15 is 0 Å². The van der Waals surface area contributed by atoms with Crippen LogP contribution >= 0.6 is 0 Å². The molecule has 0 fully saturated rings. The van der Waals surface area contributed by atoms with Gasteiger partial charge in [-0.05, 0) is 53.6 Å². The van der Waals surface area contributed by atoms with E-state index in [0.717, 1.165) is 76.9 Å². The van der Waals surface area contributed by atoms with Gasteiger partial charge in [0.25, 0.3) is 0 Å². The van der Waals surface area contributed by atoms with Crippen molar-refractivity contribution in [3.8, 4) is 34.4 Å². The Labute approximate surface area is 324 Å². The standard InChI is InChI=1S/C50H29N7/c1-2-19-37(30(14-1)35-20-12-28-44-45(35)39-22-11-21-36-38-23-13-29-51-48(38)57(44)46(36)39)47-52-49(55-40-24-7-3-15-31(40)32-16-4-8-25-41(32)55)54-50(53-47)56-42-26-9-5-17-33(42)34-18-6-10-27-43(34)56/h1-29H. The highest BCUT2D eigenvalue weighted by Crippen LogP contribution is 2.44. The maximum Gasteiger partial charge on any atom is 0.240 e. The summed E-state index contributed by atoms with van der Waals surface area (Å²) in [5.74, 6) is 1.70. The van der Waals surface area contributed by atoms with Crippen molar-refractivity contribution in [3.63, 3.8) is 0 Å². The lowest BCUT2D eigenvalue weighted by atomic mass is 9.94. The molecule has 0 unspecified atom stereocenters. The van der Waals surface area contributed by atoms with Crippen LogP contribution in [0, 0.1) is 0 Å². The molecule has 0 amide bonds. The lowest BCUT2D eigenvalue weighted by Gasteiger charge is -2.15. The van der Waals surface area contributed by atoms with Gasteiger partial charge in [0.15, 0.2) is 5.82 Å². The molecule has 57 heavy (non-hydrogen) atoms. The summed E-state index contributed by atoms with van der Waals surface area (Å²) in [7, 11) is 0. The zero-order valence-electron chi connectivity index (χ0n) is 30.4. The summed E-state index contributed by atoms with van der Waals surface area (Å²) in [4.78, 5) is 21.1. The molecular formula is C50H29N7. The van der Waals surface area contributed by atoms with Gasteiger partial charge in [-0.1, -0.05) is 127 Å². The first-order chi connectivity index (χ1) is 28.3. The zero-order chi connectivity index (χ0) is 37.2. The van der Waals surface area contributed by atoms with Crippen LogP contribution in [0.25, 0.3) is 116 Å². The Balaban J connectivity index is 1.14. The predicted molar refractivity (Wildman–Crippen MR) is 232 cm³/mol. The molecule has 0 spiro atoms. The summed E-state index contributed by atoms with van der Waals surface area (Å²) < 4.78 is 6.69. The van der Waals surface area contributed by atoms with Gasteiger partial charge in [0.2, 0.25) is 11.9 Å². The minimum absolute atomic E-state index is 0.556. The van der Waals surface area contributed by atoms with Crippen LogP contribution in [0.2, 0.25) is 0 Å². The van der Waals surface area contributed by atoms with Crippen molar-refractivity contribution in [1.82, 2.24) is 33.5 Å². The highest BCUT2D eigenvalue weighted by Gasteiger charge is 2.24. The number of benzene rings is 7. The lowest BCUT2D eigenvalue weighted by molar-refractivity contribution is 0.893. The average molecular weight is 728 g/mol. The van der Waals surface area contributed by atoms with Crippen molar-refractivity contribution in [2.45, 2.75) is 0 Å². The van der Waals surface area contributed by atoms with Crippen molar-refractivity contribution in [3.05, 3.63) is 176 Å². The number of fused-ring (bicyclic) bond motifs is 12. The third-order valence-electron chi connectivity index (χ3n) is 11.7. The van der Waals surface area contributed by atoms with E-state index in [1.165, 1.54) is 21.7 Å². The van der Waals surface area contributed by atoms with E-state index in [1.807, 2.05) is 12.3 Å². The summed E-state index contributed by atoms with van der Waals surface area (Å²) in [6.07, 6.45) is 1.88. The van der Waals surface area contributed by atoms with E-state index < -0.39 is 0 Å². The molecule has 264 valence electrons. The number of pyridine rings is 1. The maximum atomic E-state index is 5.42. The van der Waals surface area contributed by atoms with Gasteiger partial charge in [-0.2, -0.15) is 15.0 Å². The summed E-state index contributed by atoms with van der Waals surface area (Å²) >= 11 is 0. The third-order valence-corrected chi connectivity index (χ3v) is 11.7. The topological polar surface area (TPSA) is 65.8 Å². The van der Waals surface area contributed by atoms with Crippen LogP contribution < -0.4 is 0 Å². The van der Waals surface area contributed by atoms with Crippen LogP contribution in [0.5, 0.6) is 0 Å². The lowest BCUT2D eigenvalue weighted by Crippen LogP contribution is -2.10. The number of hydrogen-bond acceptors (Lipinski definition) is 4. The summed E-state index contributed by atoms with van der Waals surface area (Å²) in [6.45, 7) is 0. The molecule has 7 aromatic carbocycles. The van der Waals surface area contributed by atoms with Crippen molar-refractivity contribution in [2.24, 2.45) is 0 Å². The molecule has 0 saturated carbocycles. The molecule has 0 aliphatic carbocycles. The van der Waals surface area contributed by atoms with Gasteiger partial charge in [-0.3, -0.25) is 13.5 Å². The number of aromatic nitrogens is 7. The molecule has 7 nitrogen and oxygen atoms in total. The van der Waals surface area contributed by atoms with E-state index in [0.29, 0.717) is 17.7 Å². The minimum atomic E-state index is 0.556. The van der Waals surface area contributed by atoms with E-state index in [4.69, 9.17) is 19.9 Å². The number of hydrogen-bond donors (Lipinski definition) is 0. The van der Waals surface area contributed by atoms with Crippen molar-refractivity contribution < 1.29 is 0 Å². The fourth-order valence-electron chi connectivity index (χ4n) is 9.43. The summed E-state index contributed by atoms with van der Waals surface area (Å²) in [5.41, 5.74) is 10.5. The number of para-hydroxylation sites is 5. The van der Waals surface area contributed by atoms with Crippen molar-refractivity contribution >= 4 is 81.8 Å². The Bertz CT molecular complexity index is 3540. The fraction of sp³-hybridized carbons (Fsp3) is 0. The fourth-order valence-corrected chi connectivity index (χ4v) is 9.43. The second-order valence-corrected chi connectivity index (χ2v) is 14.7. The first-order valence-electron chi connectivity index (χ1n) is 19.2. The molecule has 0 saturated heterocycles. The molecule has 0 aliphatic rings. The van der Waals surface area contributed by atoms with E-state index in [-0.39, 0.29) is 0 Å². The van der Waals surface area contributed by atoms with Gasteiger partial charge >= 0.3 is 0 Å². The molecule has 7 heteroatoms. The normalized spacial score (nSPS) is 12.2. The molecular weight excluding hydrogens is 699 g/mol. The van der Waals surface area contributed by atoms with Crippen LogP contribution in [0.3, 0.4) is 0 Å². The third kappa shape index (κ3) is 4.09. The maximum absolute atomic E-state index is 5.42. The predicted octanol–water partition coefficient (Wildman–Crippen LogP) is 11.9. The van der Waals surface area contributed by atoms with Crippen molar-refractivity contribution in [2.75, 3.05) is 0 Å². The number of nitrogens with zero attached hydrogens (tertiary/aromatic N) is 7. The molecule has 13 rings (SSSR count). The Hall–Kier alpha value is -7.90. The Morgan fingerprint density at radius 2 is 0.789 bits per heavy atom. The van der Waals surface area contributed by atoms with Gasteiger partial charge in [-0.25, -0.2) is 4.98 Å². The van der Waals surface area contributed by atoms with Gasteiger partial charge in [0.1, 0.15) is 5.65 Å². The van der Waals surface area contributed by atoms with Crippen LogP contribution in [0.15, 0.2) is 176 Å². The Kier molecular flexibility index (Phi) is 6.04. The van der Waals surface area contributed by atoms with Crippen LogP contribution in [-0.4, -0.2) is 33.5 Å². The van der Waals surface area contributed by atoms with Crippen LogP contribution in [0.1, 0.15) is 0 Å². The Morgan fingerprint density at radius 3 is 1.40 bits per heavy atom. The zero-order valence-corrected chi connectivity index (χ0v) is 30.4. The number of rotatable bonds is 4. The van der Waals surface area contributed by atoms with Gasteiger partial charge in [-0.15, -0.1) is 0 Å². The largest absolute Gasteiger partial charge is 0.293 e. The second kappa shape index (κ2) is 11.3. The summed E-state index contributed by atoms with van der Waals surface area (Å²) in [6, 6.07) is 59.8. The monoisotopic (exact) mass is 727 g/mol. The molecule has 0 bridgehead atoms. The molecule has 0 N–H and O–H groups in total. The minimum Gasteiger partial charge on any atom is -0.293 e. The SMILES string of the molecule is c1ccc(-c2cccc3c2c2cccc4c5cccnc5n3c42)c(-c2nc(-n3c4ccccc4c4ccccc43)nc(-n3c4ccccc4c4ccccc43)n2)c1. The van der Waals surface area contributed by atoms with Crippen molar-refractivity contribution in [1.29, 1.82) is 0 Å². The van der Waals surface area contributed by atoms with Gasteiger partial charge < -0.3 is 0 Å². The second-order valence-electron chi connectivity index (χ2n) is 14.7. The highest BCUT2D eigenvalue weighted by molar-refractivity contribution is 6.25. The smallest absolute Gasteiger partial charge is 0.240 e. The van der Waals surface area contributed by atoms with Gasteiger partial charge in [0.05, 0.1) is 33.1 Å². The molecule has 13 aromatic rings. The van der Waals surface area contributed by atoms with Crippen LogP contribution in [-0.2, 0) is 0 Å². The highest BCUT2D eigenvalue weighted by atomic mass is 15.3. The molecule has 6 heterocycles. The molecule has 0 aliphatic heterocycles.